The molecular weight excluding hydrogens is 330 g/mol. The molecule has 0 radical (unpaired) electrons. The maximum atomic E-state index is 5.28. The fourth-order valence-electron chi connectivity index (χ4n) is 4.07. The fraction of sp³-hybridized carbons (Fsp3) is 0.778. The summed E-state index contributed by atoms with van der Waals surface area (Å²) in [5.41, 5.74) is 0. The van der Waals surface area contributed by atoms with Gasteiger partial charge < -0.3 is 14.0 Å². The minimum absolute atomic E-state index is 0.361. The first-order valence-electron chi connectivity index (χ1n) is 9.92. The third-order valence-corrected chi connectivity index (χ3v) is 5.64. The first-order chi connectivity index (χ1) is 12.7. The van der Waals surface area contributed by atoms with Gasteiger partial charge in [0.05, 0.1) is 6.54 Å². The summed E-state index contributed by atoms with van der Waals surface area (Å²) in [7, 11) is 2.11. The molecule has 8 heteroatoms. The van der Waals surface area contributed by atoms with Gasteiger partial charge in [-0.3, -0.25) is 4.90 Å². The minimum Gasteiger partial charge on any atom is -0.337 e. The van der Waals surface area contributed by atoms with E-state index in [0.717, 1.165) is 50.5 Å². The molecule has 1 atom stereocenters. The molecule has 142 valence electrons. The van der Waals surface area contributed by atoms with Crippen molar-refractivity contribution >= 4 is 5.95 Å². The molecule has 4 heterocycles. The molecular formula is C18H29N7O. The molecule has 2 saturated heterocycles. The van der Waals surface area contributed by atoms with Crippen molar-refractivity contribution in [3.05, 3.63) is 17.5 Å². The van der Waals surface area contributed by atoms with Crippen LogP contribution >= 0.6 is 0 Å². The number of piperidine rings is 2. The van der Waals surface area contributed by atoms with Gasteiger partial charge in [0.2, 0.25) is 5.89 Å². The molecule has 2 aliphatic heterocycles. The molecule has 0 bridgehead atoms. The van der Waals surface area contributed by atoms with E-state index in [4.69, 9.17) is 4.52 Å². The summed E-state index contributed by atoms with van der Waals surface area (Å²) in [6.45, 7) is 7.13. The second-order valence-corrected chi connectivity index (χ2v) is 7.50. The third-order valence-electron chi connectivity index (χ3n) is 5.64. The highest BCUT2D eigenvalue weighted by Gasteiger charge is 2.28. The second kappa shape index (κ2) is 7.73. The van der Waals surface area contributed by atoms with Gasteiger partial charge in [0.25, 0.3) is 5.95 Å². The van der Waals surface area contributed by atoms with Crippen molar-refractivity contribution in [3.63, 3.8) is 0 Å². The van der Waals surface area contributed by atoms with Crippen molar-refractivity contribution in [1.29, 1.82) is 0 Å². The van der Waals surface area contributed by atoms with Crippen LogP contribution < -0.4 is 4.90 Å². The number of aromatic nitrogens is 5. The first-order valence-corrected chi connectivity index (χ1v) is 9.92. The lowest BCUT2D eigenvalue weighted by Gasteiger charge is -2.31. The molecule has 0 saturated carbocycles. The van der Waals surface area contributed by atoms with E-state index in [0.29, 0.717) is 17.8 Å². The van der Waals surface area contributed by atoms with Crippen molar-refractivity contribution in [1.82, 2.24) is 29.8 Å². The van der Waals surface area contributed by atoms with E-state index >= 15 is 0 Å². The third kappa shape index (κ3) is 3.60. The number of hydrogen-bond donors (Lipinski definition) is 0. The average Bonchev–Trinajstić information content (AvgIpc) is 3.30. The zero-order chi connectivity index (χ0) is 17.9. The molecule has 0 aliphatic carbocycles. The molecule has 0 aromatic carbocycles. The van der Waals surface area contributed by atoms with Gasteiger partial charge in [0, 0.05) is 32.5 Å². The van der Waals surface area contributed by atoms with Crippen LogP contribution in [0.4, 0.5) is 5.95 Å². The Labute approximate surface area is 154 Å². The SMILES string of the molecule is CCc1nc(N2CCC[C@@H](c3nnc(CN4CCCCC4)n3C)C2)no1. The van der Waals surface area contributed by atoms with Crippen LogP contribution in [0, 0.1) is 0 Å². The zero-order valence-corrected chi connectivity index (χ0v) is 15.9. The Balaban J connectivity index is 1.44. The van der Waals surface area contributed by atoms with Gasteiger partial charge in [0.15, 0.2) is 0 Å². The predicted molar refractivity (Wildman–Crippen MR) is 98.0 cm³/mol. The Morgan fingerprint density at radius 1 is 1.08 bits per heavy atom. The van der Waals surface area contributed by atoms with Crippen LogP contribution in [0.15, 0.2) is 4.52 Å². The lowest BCUT2D eigenvalue weighted by atomic mass is 9.97. The maximum Gasteiger partial charge on any atom is 0.266 e. The fourth-order valence-corrected chi connectivity index (χ4v) is 4.07. The molecule has 2 aromatic rings. The topological polar surface area (TPSA) is 76.1 Å². The van der Waals surface area contributed by atoms with Crippen LogP contribution in [0.3, 0.4) is 0 Å². The van der Waals surface area contributed by atoms with Crippen LogP contribution in [0.5, 0.6) is 0 Å². The Morgan fingerprint density at radius 3 is 2.69 bits per heavy atom. The summed E-state index contributed by atoms with van der Waals surface area (Å²) in [6, 6.07) is 0. The summed E-state index contributed by atoms with van der Waals surface area (Å²) in [5.74, 6) is 3.93. The van der Waals surface area contributed by atoms with E-state index in [1.807, 2.05) is 6.92 Å². The number of aryl methyl sites for hydroxylation is 1. The quantitative estimate of drug-likeness (QED) is 0.809. The Kier molecular flexibility index (Phi) is 5.19. The van der Waals surface area contributed by atoms with E-state index in [1.165, 1.54) is 32.4 Å². The van der Waals surface area contributed by atoms with Crippen LogP contribution in [0.1, 0.15) is 62.5 Å². The van der Waals surface area contributed by atoms with Crippen molar-refractivity contribution in [2.45, 2.75) is 57.9 Å². The van der Waals surface area contributed by atoms with Gasteiger partial charge >= 0.3 is 0 Å². The number of rotatable bonds is 5. The summed E-state index contributed by atoms with van der Waals surface area (Å²) >= 11 is 0. The largest absolute Gasteiger partial charge is 0.337 e. The highest BCUT2D eigenvalue weighted by Crippen LogP contribution is 2.28. The highest BCUT2D eigenvalue weighted by molar-refractivity contribution is 5.30. The van der Waals surface area contributed by atoms with Crippen LogP contribution in [-0.4, -0.2) is 56.0 Å². The van der Waals surface area contributed by atoms with Crippen molar-refractivity contribution in [2.75, 3.05) is 31.1 Å². The molecule has 2 aliphatic rings. The number of anilines is 1. The van der Waals surface area contributed by atoms with Gasteiger partial charge in [-0.15, -0.1) is 10.2 Å². The van der Waals surface area contributed by atoms with E-state index in [9.17, 15) is 0 Å². The van der Waals surface area contributed by atoms with E-state index in [-0.39, 0.29) is 0 Å². The van der Waals surface area contributed by atoms with Gasteiger partial charge in [0.1, 0.15) is 11.6 Å². The Morgan fingerprint density at radius 2 is 1.92 bits per heavy atom. The highest BCUT2D eigenvalue weighted by atomic mass is 16.5. The van der Waals surface area contributed by atoms with Crippen LogP contribution in [0.2, 0.25) is 0 Å². The standard InChI is InChI=1S/C18H29N7O/c1-3-16-19-18(22-26-16)25-11-7-8-14(12-25)17-21-20-15(23(17)2)13-24-9-5-4-6-10-24/h14H,3-13H2,1-2H3/t14-/m1/s1. The molecule has 0 spiro atoms. The first kappa shape index (κ1) is 17.5. The van der Waals surface area contributed by atoms with Crippen LogP contribution in [0.25, 0.3) is 0 Å². The molecule has 26 heavy (non-hydrogen) atoms. The number of hydrogen-bond acceptors (Lipinski definition) is 7. The predicted octanol–water partition coefficient (Wildman–Crippen LogP) is 2.13. The summed E-state index contributed by atoms with van der Waals surface area (Å²) < 4.78 is 7.48. The normalized spacial score (nSPS) is 22.1. The monoisotopic (exact) mass is 359 g/mol. The van der Waals surface area contributed by atoms with Gasteiger partial charge in [-0.2, -0.15) is 4.98 Å². The molecule has 0 unspecified atom stereocenters. The van der Waals surface area contributed by atoms with Crippen LogP contribution in [-0.2, 0) is 20.0 Å². The summed E-state index contributed by atoms with van der Waals surface area (Å²) in [6.07, 6.45) is 6.96. The van der Waals surface area contributed by atoms with E-state index in [2.05, 4.69) is 41.8 Å². The van der Waals surface area contributed by atoms with Gasteiger partial charge in [-0.1, -0.05) is 13.3 Å². The molecule has 2 fully saturated rings. The maximum absolute atomic E-state index is 5.28. The zero-order valence-electron chi connectivity index (χ0n) is 15.9. The van der Waals surface area contributed by atoms with Gasteiger partial charge in [-0.05, 0) is 43.9 Å². The summed E-state index contributed by atoms with van der Waals surface area (Å²) in [4.78, 5) is 9.20. The second-order valence-electron chi connectivity index (χ2n) is 7.50. The lowest BCUT2D eigenvalue weighted by molar-refractivity contribution is 0.213. The molecule has 0 N–H and O–H groups in total. The van der Waals surface area contributed by atoms with Crippen molar-refractivity contribution in [3.8, 4) is 0 Å². The summed E-state index contributed by atoms with van der Waals surface area (Å²) in [5, 5.41) is 13.2. The minimum atomic E-state index is 0.361. The molecule has 8 nitrogen and oxygen atoms in total. The Bertz CT molecular complexity index is 719. The van der Waals surface area contributed by atoms with Gasteiger partial charge in [-0.25, -0.2) is 0 Å². The molecule has 0 amide bonds. The lowest BCUT2D eigenvalue weighted by Crippen LogP contribution is -2.36. The van der Waals surface area contributed by atoms with E-state index in [1.54, 1.807) is 0 Å². The smallest absolute Gasteiger partial charge is 0.266 e. The van der Waals surface area contributed by atoms with E-state index < -0.39 is 0 Å². The van der Waals surface area contributed by atoms with Crippen molar-refractivity contribution < 1.29 is 4.52 Å². The number of likely N-dealkylation sites (tertiary alicyclic amines) is 1. The number of nitrogens with zero attached hydrogens (tertiary/aromatic N) is 7. The Hall–Kier alpha value is -1.96. The van der Waals surface area contributed by atoms with Crippen molar-refractivity contribution in [2.24, 2.45) is 7.05 Å². The molecule has 4 rings (SSSR count). The molecule has 2 aromatic heterocycles. The average molecular weight is 359 g/mol.